The zero-order chi connectivity index (χ0) is 23.6. The number of hydrogen-bond acceptors (Lipinski definition) is 7. The number of hydrogen-bond donors (Lipinski definition) is 0. The quantitative estimate of drug-likeness (QED) is 0.530. The van der Waals surface area contributed by atoms with Gasteiger partial charge in [0, 0.05) is 30.0 Å². The van der Waals surface area contributed by atoms with Gasteiger partial charge < -0.3 is 9.32 Å². The smallest absolute Gasteiger partial charge is 0.324 e. The molecule has 13 heteroatoms. The van der Waals surface area contributed by atoms with Crippen LogP contribution < -0.4 is 4.90 Å². The molecule has 2 amide bonds. The molecule has 1 aliphatic rings. The van der Waals surface area contributed by atoms with E-state index in [1.807, 2.05) is 0 Å². The van der Waals surface area contributed by atoms with E-state index in [2.05, 4.69) is 15.2 Å². The highest BCUT2D eigenvalue weighted by molar-refractivity contribution is 7.91. The summed E-state index contributed by atoms with van der Waals surface area (Å²) in [6.45, 7) is 0.247. The summed E-state index contributed by atoms with van der Waals surface area (Å²) in [7, 11) is -3.15. The van der Waals surface area contributed by atoms with Gasteiger partial charge in [0.05, 0.1) is 29.3 Å². The minimum absolute atomic E-state index is 0.0643. The van der Waals surface area contributed by atoms with E-state index in [1.165, 1.54) is 16.0 Å². The number of pyridine rings is 1. The van der Waals surface area contributed by atoms with Gasteiger partial charge in [-0.25, -0.2) is 13.2 Å². The molecule has 3 heterocycles. The van der Waals surface area contributed by atoms with Crippen molar-refractivity contribution >= 4 is 33.2 Å². The first-order chi connectivity index (χ1) is 15.7. The molecular formula is C20H18ClF2N5O4S. The highest BCUT2D eigenvalue weighted by Gasteiger charge is 2.29. The van der Waals surface area contributed by atoms with Gasteiger partial charge in [0.25, 0.3) is 5.89 Å². The molecular weight excluding hydrogens is 480 g/mol. The summed E-state index contributed by atoms with van der Waals surface area (Å²) < 4.78 is 53.7. The van der Waals surface area contributed by atoms with E-state index in [1.54, 1.807) is 36.4 Å². The van der Waals surface area contributed by atoms with Gasteiger partial charge in [0.1, 0.15) is 0 Å². The van der Waals surface area contributed by atoms with Crippen LogP contribution in [0.1, 0.15) is 18.0 Å². The Bertz CT molecular complexity index is 1240. The van der Waals surface area contributed by atoms with Crippen molar-refractivity contribution < 1.29 is 26.4 Å². The van der Waals surface area contributed by atoms with Gasteiger partial charge in [-0.1, -0.05) is 17.7 Å². The Morgan fingerprint density at radius 2 is 1.94 bits per heavy atom. The van der Waals surface area contributed by atoms with Crippen LogP contribution in [0.2, 0.25) is 5.02 Å². The van der Waals surface area contributed by atoms with Gasteiger partial charge in [0.15, 0.2) is 9.84 Å². The molecule has 4 rings (SSSR count). The normalized spacial score (nSPS) is 15.6. The number of amides is 2. The van der Waals surface area contributed by atoms with Crippen LogP contribution in [-0.4, -0.2) is 59.1 Å². The van der Waals surface area contributed by atoms with E-state index in [9.17, 15) is 22.0 Å². The van der Waals surface area contributed by atoms with Crippen molar-refractivity contribution in [2.45, 2.75) is 13.0 Å². The molecule has 174 valence electrons. The standard InChI is InChI=1S/C20H18ClF2N5O4S/c21-14-2-1-3-16(10-14)28(20(29)27-6-8-33(30,31)9-7-27)12-15-5-4-13(11-24-15)18-25-26-19(32-18)17(22)23/h1-5,10-11,17H,6-9,12H2. The predicted octanol–water partition coefficient (Wildman–Crippen LogP) is 3.58. The number of halogens is 3. The van der Waals surface area contributed by atoms with Crippen LogP contribution >= 0.6 is 11.6 Å². The number of benzene rings is 1. The van der Waals surface area contributed by atoms with E-state index in [0.717, 1.165) is 0 Å². The van der Waals surface area contributed by atoms with Gasteiger partial charge in [0.2, 0.25) is 5.89 Å². The first-order valence-corrected chi connectivity index (χ1v) is 12.0. The summed E-state index contributed by atoms with van der Waals surface area (Å²) >= 11 is 6.11. The summed E-state index contributed by atoms with van der Waals surface area (Å²) in [6.07, 6.45) is -1.49. The van der Waals surface area contributed by atoms with Gasteiger partial charge in [-0.15, -0.1) is 10.2 Å². The Labute approximate surface area is 192 Å². The number of sulfone groups is 1. The summed E-state index contributed by atoms with van der Waals surface area (Å²) in [5.41, 5.74) is 1.36. The van der Waals surface area contributed by atoms with E-state index in [-0.39, 0.29) is 43.1 Å². The number of nitrogens with zero attached hydrogens (tertiary/aromatic N) is 5. The summed E-state index contributed by atoms with van der Waals surface area (Å²) in [5.74, 6) is -1.07. The molecule has 3 aromatic rings. The second-order valence-electron chi connectivity index (χ2n) is 7.27. The molecule has 0 N–H and O–H groups in total. The van der Waals surface area contributed by atoms with Crippen molar-refractivity contribution in [3.05, 3.63) is 59.2 Å². The third-order valence-electron chi connectivity index (χ3n) is 4.98. The number of carbonyl (C=O) groups is 1. The monoisotopic (exact) mass is 497 g/mol. The fourth-order valence-electron chi connectivity index (χ4n) is 3.23. The SMILES string of the molecule is O=C(N1CCS(=O)(=O)CC1)N(Cc1ccc(-c2nnc(C(F)F)o2)cn1)c1cccc(Cl)c1. The molecule has 1 aromatic carbocycles. The lowest BCUT2D eigenvalue weighted by atomic mass is 10.2. The first-order valence-electron chi connectivity index (χ1n) is 9.81. The maximum atomic E-state index is 13.3. The van der Waals surface area contributed by atoms with Gasteiger partial charge >= 0.3 is 12.5 Å². The molecule has 1 fully saturated rings. The molecule has 0 atom stereocenters. The summed E-state index contributed by atoms with van der Waals surface area (Å²) in [6, 6.07) is 9.50. The van der Waals surface area contributed by atoms with Crippen LogP contribution in [-0.2, 0) is 16.4 Å². The zero-order valence-corrected chi connectivity index (χ0v) is 18.6. The Morgan fingerprint density at radius 1 is 1.18 bits per heavy atom. The van der Waals surface area contributed by atoms with E-state index in [0.29, 0.717) is 22.0 Å². The molecule has 9 nitrogen and oxygen atoms in total. The van der Waals surface area contributed by atoms with E-state index < -0.39 is 22.2 Å². The van der Waals surface area contributed by atoms with Crippen molar-refractivity contribution in [1.29, 1.82) is 0 Å². The van der Waals surface area contributed by atoms with Crippen LogP contribution in [0, 0.1) is 0 Å². The van der Waals surface area contributed by atoms with Crippen LogP contribution in [0.25, 0.3) is 11.5 Å². The lowest BCUT2D eigenvalue weighted by Gasteiger charge is -2.33. The number of carbonyl (C=O) groups excluding carboxylic acids is 1. The van der Waals surface area contributed by atoms with Crippen LogP contribution in [0.15, 0.2) is 47.0 Å². The lowest BCUT2D eigenvalue weighted by molar-refractivity contribution is 0.116. The number of anilines is 1. The molecule has 33 heavy (non-hydrogen) atoms. The average Bonchev–Trinajstić information content (AvgIpc) is 3.28. The van der Waals surface area contributed by atoms with Gasteiger partial charge in [-0.2, -0.15) is 8.78 Å². The molecule has 0 bridgehead atoms. The van der Waals surface area contributed by atoms with Crippen molar-refractivity contribution in [3.63, 3.8) is 0 Å². The van der Waals surface area contributed by atoms with Gasteiger partial charge in [-0.3, -0.25) is 9.88 Å². The molecule has 0 spiro atoms. The molecule has 0 unspecified atom stereocenters. The van der Waals surface area contributed by atoms with E-state index >= 15 is 0 Å². The highest BCUT2D eigenvalue weighted by atomic mass is 35.5. The topological polar surface area (TPSA) is 110 Å². The number of alkyl halides is 2. The zero-order valence-electron chi connectivity index (χ0n) is 17.1. The lowest BCUT2D eigenvalue weighted by Crippen LogP contribution is -2.49. The second-order valence-corrected chi connectivity index (χ2v) is 10.0. The van der Waals surface area contributed by atoms with Crippen molar-refractivity contribution in [1.82, 2.24) is 20.1 Å². The van der Waals surface area contributed by atoms with Crippen molar-refractivity contribution in [2.75, 3.05) is 29.5 Å². The Kier molecular flexibility index (Phi) is 6.56. The largest absolute Gasteiger partial charge is 0.415 e. The molecule has 0 saturated carbocycles. The Morgan fingerprint density at radius 3 is 2.55 bits per heavy atom. The third kappa shape index (κ3) is 5.45. The molecule has 0 aliphatic carbocycles. The van der Waals surface area contributed by atoms with E-state index in [4.69, 9.17) is 16.0 Å². The number of aromatic nitrogens is 3. The predicted molar refractivity (Wildman–Crippen MR) is 116 cm³/mol. The van der Waals surface area contributed by atoms with Gasteiger partial charge in [-0.05, 0) is 30.3 Å². The first kappa shape index (κ1) is 23.1. The minimum atomic E-state index is -3.15. The Hall–Kier alpha value is -3.12. The van der Waals surface area contributed by atoms with Crippen molar-refractivity contribution in [3.8, 4) is 11.5 Å². The second kappa shape index (κ2) is 9.40. The average molecular weight is 498 g/mol. The maximum absolute atomic E-state index is 13.3. The van der Waals surface area contributed by atoms with Crippen LogP contribution in [0.3, 0.4) is 0 Å². The number of urea groups is 1. The van der Waals surface area contributed by atoms with Crippen LogP contribution in [0.5, 0.6) is 0 Å². The minimum Gasteiger partial charge on any atom is -0.415 e. The Balaban J connectivity index is 1.56. The molecule has 0 radical (unpaired) electrons. The fraction of sp³-hybridized carbons (Fsp3) is 0.300. The molecule has 1 aliphatic heterocycles. The van der Waals surface area contributed by atoms with Crippen LogP contribution in [0.4, 0.5) is 19.3 Å². The summed E-state index contributed by atoms with van der Waals surface area (Å²) in [4.78, 5) is 20.5. The fourth-order valence-corrected chi connectivity index (χ4v) is 4.62. The highest BCUT2D eigenvalue weighted by Crippen LogP contribution is 2.25. The number of rotatable bonds is 5. The molecule has 1 saturated heterocycles. The molecule has 2 aromatic heterocycles. The third-order valence-corrected chi connectivity index (χ3v) is 6.83. The summed E-state index contributed by atoms with van der Waals surface area (Å²) in [5, 5.41) is 7.30. The van der Waals surface area contributed by atoms with Crippen molar-refractivity contribution in [2.24, 2.45) is 0 Å². The maximum Gasteiger partial charge on any atom is 0.324 e.